The van der Waals surface area contributed by atoms with Crippen LogP contribution >= 0.6 is 0 Å². The summed E-state index contributed by atoms with van der Waals surface area (Å²) in [5.74, 6) is 3.76. The van der Waals surface area contributed by atoms with Gasteiger partial charge in [-0.2, -0.15) is 5.10 Å². The van der Waals surface area contributed by atoms with Gasteiger partial charge in [-0.05, 0) is 99.9 Å². The fourth-order valence-electron chi connectivity index (χ4n) is 9.41. The minimum Gasteiger partial charge on any atom is -0.456 e. The first-order valence-electron chi connectivity index (χ1n) is 18.3. The van der Waals surface area contributed by atoms with Gasteiger partial charge >= 0.3 is 0 Å². The van der Waals surface area contributed by atoms with Crippen molar-refractivity contribution >= 4 is 11.1 Å². The number of aromatic nitrogens is 4. The Kier molecular flexibility index (Phi) is 6.94. The second kappa shape index (κ2) is 11.7. The number of allylic oxidation sites excluding steroid dienone is 7. The Labute approximate surface area is 304 Å². The standard InChI is InChI=1S/C47H38N4O/c1-28-13-7-8-17-34(28)33-25-30(3)43-41(27-33)52-44-35(32-23-24-48-40(26-32)46-49-45(50-51-46)31-15-5-4-6-16-31)19-12-22-39(44)47(43)38-21-10-9-18-36(38)37-20-11-14-29(2)42(37)47/h4-13,15-24,26-27,29-30H,14,25H2,1-3H3,(H,49,50,51). The second-order valence-electron chi connectivity index (χ2n) is 14.6. The Morgan fingerprint density at radius 3 is 2.38 bits per heavy atom. The third-order valence-corrected chi connectivity index (χ3v) is 11.5. The van der Waals surface area contributed by atoms with E-state index < -0.39 is 5.41 Å². The number of para-hydroxylation sites is 1. The number of nitrogens with zero attached hydrogens (tertiary/aromatic N) is 3. The van der Waals surface area contributed by atoms with E-state index >= 15 is 0 Å². The van der Waals surface area contributed by atoms with E-state index in [9.17, 15) is 0 Å². The summed E-state index contributed by atoms with van der Waals surface area (Å²) in [5.41, 5.74) is 15.3. The first kappa shape index (κ1) is 30.7. The van der Waals surface area contributed by atoms with E-state index in [0.29, 0.717) is 17.6 Å². The first-order chi connectivity index (χ1) is 25.5. The number of ether oxygens (including phenoxy) is 1. The van der Waals surface area contributed by atoms with Crippen molar-refractivity contribution in [3.8, 4) is 39.8 Å². The molecule has 0 amide bonds. The van der Waals surface area contributed by atoms with Crippen LogP contribution in [0.25, 0.3) is 45.2 Å². The quantitative estimate of drug-likeness (QED) is 0.202. The number of pyridine rings is 1. The average molecular weight is 675 g/mol. The van der Waals surface area contributed by atoms with Crippen molar-refractivity contribution in [2.45, 2.75) is 39.0 Å². The third kappa shape index (κ3) is 4.45. The van der Waals surface area contributed by atoms with Crippen molar-refractivity contribution in [2.75, 3.05) is 0 Å². The van der Waals surface area contributed by atoms with Crippen molar-refractivity contribution in [3.63, 3.8) is 0 Å². The molecular weight excluding hydrogens is 637 g/mol. The minimum atomic E-state index is -0.451. The summed E-state index contributed by atoms with van der Waals surface area (Å²) in [7, 11) is 0. The van der Waals surface area contributed by atoms with Gasteiger partial charge in [-0.25, -0.2) is 4.98 Å². The molecule has 4 aliphatic rings. The van der Waals surface area contributed by atoms with Crippen LogP contribution in [0.5, 0.6) is 5.75 Å². The third-order valence-electron chi connectivity index (χ3n) is 11.5. The highest BCUT2D eigenvalue weighted by Crippen LogP contribution is 2.66. The lowest BCUT2D eigenvalue weighted by Crippen LogP contribution is -2.41. The Morgan fingerprint density at radius 2 is 1.52 bits per heavy atom. The lowest BCUT2D eigenvalue weighted by atomic mass is 9.57. The summed E-state index contributed by atoms with van der Waals surface area (Å²) in [6.07, 6.45) is 10.9. The Hall–Kier alpha value is -6.07. The van der Waals surface area contributed by atoms with Crippen LogP contribution in [-0.4, -0.2) is 20.2 Å². The molecule has 5 nitrogen and oxygen atoms in total. The molecule has 3 aliphatic carbocycles. The molecule has 0 fully saturated rings. The lowest BCUT2D eigenvalue weighted by molar-refractivity contribution is 0.363. The maximum atomic E-state index is 7.31. The highest BCUT2D eigenvalue weighted by Gasteiger charge is 2.56. The van der Waals surface area contributed by atoms with Crippen molar-refractivity contribution in [3.05, 3.63) is 178 Å². The van der Waals surface area contributed by atoms with Gasteiger partial charge in [0.1, 0.15) is 17.2 Å². The fraction of sp³-hybridized carbons (Fsp3) is 0.170. The molecule has 2 aromatic heterocycles. The molecule has 0 saturated heterocycles. The number of aryl methyl sites for hydroxylation is 1. The number of aromatic amines is 1. The molecule has 1 aliphatic heterocycles. The van der Waals surface area contributed by atoms with E-state index in [2.05, 4.69) is 128 Å². The molecule has 10 rings (SSSR count). The number of H-pyrrole nitrogens is 1. The summed E-state index contributed by atoms with van der Waals surface area (Å²) in [6, 6.07) is 38.7. The van der Waals surface area contributed by atoms with Crippen LogP contribution in [0.2, 0.25) is 0 Å². The number of rotatable bonds is 4. The smallest absolute Gasteiger partial charge is 0.181 e. The Morgan fingerprint density at radius 1 is 0.750 bits per heavy atom. The van der Waals surface area contributed by atoms with Gasteiger partial charge in [0.25, 0.3) is 0 Å². The highest BCUT2D eigenvalue weighted by atomic mass is 16.5. The van der Waals surface area contributed by atoms with E-state index in [1.54, 1.807) is 0 Å². The number of benzene rings is 4. The molecule has 1 spiro atoms. The maximum Gasteiger partial charge on any atom is 0.181 e. The van der Waals surface area contributed by atoms with Crippen LogP contribution in [0.1, 0.15) is 54.5 Å². The molecule has 252 valence electrons. The van der Waals surface area contributed by atoms with Crippen LogP contribution in [0, 0.1) is 18.8 Å². The molecule has 3 unspecified atom stereocenters. The molecule has 52 heavy (non-hydrogen) atoms. The largest absolute Gasteiger partial charge is 0.456 e. The second-order valence-corrected chi connectivity index (χ2v) is 14.6. The molecule has 1 N–H and O–H groups in total. The van der Waals surface area contributed by atoms with Gasteiger partial charge in [-0.15, -0.1) is 0 Å². The van der Waals surface area contributed by atoms with Gasteiger partial charge < -0.3 is 4.74 Å². The zero-order valence-corrected chi connectivity index (χ0v) is 29.5. The van der Waals surface area contributed by atoms with Crippen LogP contribution in [0.3, 0.4) is 0 Å². The van der Waals surface area contributed by atoms with Crippen molar-refractivity contribution in [1.29, 1.82) is 0 Å². The highest BCUT2D eigenvalue weighted by molar-refractivity contribution is 5.94. The summed E-state index contributed by atoms with van der Waals surface area (Å²) >= 11 is 0. The van der Waals surface area contributed by atoms with E-state index in [1.807, 2.05) is 36.5 Å². The average Bonchev–Trinajstić information content (AvgIpc) is 3.79. The van der Waals surface area contributed by atoms with Gasteiger partial charge in [-0.3, -0.25) is 10.1 Å². The van der Waals surface area contributed by atoms with Gasteiger partial charge in [0.2, 0.25) is 0 Å². The van der Waals surface area contributed by atoms with Gasteiger partial charge in [0, 0.05) is 22.9 Å². The van der Waals surface area contributed by atoms with Gasteiger partial charge in [0.15, 0.2) is 11.6 Å². The number of fused-ring (bicyclic) bond motifs is 7. The van der Waals surface area contributed by atoms with Gasteiger partial charge in [-0.1, -0.05) is 123 Å². The predicted molar refractivity (Wildman–Crippen MR) is 208 cm³/mol. The van der Waals surface area contributed by atoms with Crippen LogP contribution in [-0.2, 0) is 5.41 Å². The topological polar surface area (TPSA) is 63.7 Å². The SMILES string of the molecule is Cc1ccccc1C1=CC2=C(C(C)C1)C1(C3=C(C=CCC3C)c3ccccc31)c1cccc(-c3ccnc(-c4nc(-c5ccccc5)n[nH]4)c3)c1O2. The molecule has 3 atom stereocenters. The lowest BCUT2D eigenvalue weighted by Gasteiger charge is -2.47. The van der Waals surface area contributed by atoms with Crippen LogP contribution in [0.15, 0.2) is 151 Å². The number of hydrogen-bond donors (Lipinski definition) is 1. The summed E-state index contributed by atoms with van der Waals surface area (Å²) < 4.78 is 7.31. The molecule has 0 bridgehead atoms. The Bertz CT molecular complexity index is 2550. The summed E-state index contributed by atoms with van der Waals surface area (Å²) in [4.78, 5) is 9.57. The van der Waals surface area contributed by atoms with Gasteiger partial charge in [0.05, 0.1) is 5.41 Å². The van der Waals surface area contributed by atoms with Crippen LogP contribution in [0.4, 0.5) is 0 Å². The first-order valence-corrected chi connectivity index (χ1v) is 18.3. The minimum absolute atomic E-state index is 0.252. The van der Waals surface area contributed by atoms with E-state index in [0.717, 1.165) is 46.7 Å². The molecule has 0 radical (unpaired) electrons. The van der Waals surface area contributed by atoms with E-state index in [1.165, 1.54) is 50.1 Å². The molecular formula is C47H38N4O. The zero-order chi connectivity index (χ0) is 35.0. The zero-order valence-electron chi connectivity index (χ0n) is 29.5. The van der Waals surface area contributed by atoms with Crippen molar-refractivity contribution in [2.24, 2.45) is 11.8 Å². The molecule has 4 aromatic carbocycles. The monoisotopic (exact) mass is 674 g/mol. The normalized spacial score (nSPS) is 21.3. The van der Waals surface area contributed by atoms with Crippen molar-refractivity contribution < 1.29 is 4.74 Å². The number of nitrogens with one attached hydrogen (secondary N) is 1. The molecule has 5 heteroatoms. The molecule has 0 saturated carbocycles. The fourth-order valence-corrected chi connectivity index (χ4v) is 9.41. The number of hydrogen-bond acceptors (Lipinski definition) is 4. The molecule has 3 heterocycles. The van der Waals surface area contributed by atoms with E-state index in [4.69, 9.17) is 14.7 Å². The van der Waals surface area contributed by atoms with Crippen LogP contribution < -0.4 is 4.74 Å². The maximum absolute atomic E-state index is 7.31. The van der Waals surface area contributed by atoms with E-state index in [-0.39, 0.29) is 5.92 Å². The molecule has 6 aromatic rings. The summed E-state index contributed by atoms with van der Waals surface area (Å²) in [5, 5.41) is 7.65. The summed E-state index contributed by atoms with van der Waals surface area (Å²) in [6.45, 7) is 7.02. The Balaban J connectivity index is 1.21. The predicted octanol–water partition coefficient (Wildman–Crippen LogP) is 10.9. The van der Waals surface area contributed by atoms with Crippen molar-refractivity contribution in [1.82, 2.24) is 20.2 Å².